The minimum atomic E-state index is -0.579. The summed E-state index contributed by atoms with van der Waals surface area (Å²) in [5, 5.41) is 2.89. The lowest BCUT2D eigenvalue weighted by Gasteiger charge is -2.28. The van der Waals surface area contributed by atoms with Crippen molar-refractivity contribution in [3.8, 4) is 0 Å². The first kappa shape index (κ1) is 19.1. The van der Waals surface area contributed by atoms with Crippen molar-refractivity contribution in [1.29, 1.82) is 0 Å². The van der Waals surface area contributed by atoms with E-state index in [1.54, 1.807) is 24.0 Å². The van der Waals surface area contributed by atoms with E-state index < -0.39 is 6.04 Å². The first-order valence-corrected chi connectivity index (χ1v) is 9.49. The topological polar surface area (TPSA) is 49.4 Å². The van der Waals surface area contributed by atoms with Gasteiger partial charge in [0.15, 0.2) is 0 Å². The number of nitrogens with zero attached hydrogens (tertiary/aromatic N) is 1. The van der Waals surface area contributed by atoms with E-state index in [1.807, 2.05) is 30.3 Å². The molecule has 2 amide bonds. The van der Waals surface area contributed by atoms with Gasteiger partial charge in [0, 0.05) is 18.7 Å². The summed E-state index contributed by atoms with van der Waals surface area (Å²) in [5.74, 6) is -0.425. The number of rotatable bonds is 6. The number of hydrogen-bond acceptors (Lipinski definition) is 2. The van der Waals surface area contributed by atoms with E-state index in [2.05, 4.69) is 5.32 Å². The quantitative estimate of drug-likeness (QED) is 0.792. The average Bonchev–Trinajstić information content (AvgIpc) is 2.84. The smallest absolute Gasteiger partial charge is 0.242 e. The summed E-state index contributed by atoms with van der Waals surface area (Å²) >= 11 is 0. The highest BCUT2D eigenvalue weighted by molar-refractivity contribution is 6.01. The standard InChI is InChI=1S/C22H25FN2O2/c1-16(22(27)24-15-7-11-17-8-2-4-12-19(17)23)25-20-13-5-3-9-18(20)10-6-14-21(25)26/h2-5,8-9,12-13,16H,6-7,10-11,14-15H2,1H3,(H,24,27)/t16-/m0/s1. The second-order valence-electron chi connectivity index (χ2n) is 6.91. The molecule has 0 radical (unpaired) electrons. The van der Waals surface area contributed by atoms with Crippen molar-refractivity contribution >= 4 is 17.5 Å². The molecule has 142 valence electrons. The Hall–Kier alpha value is -2.69. The van der Waals surface area contributed by atoms with Crippen LogP contribution < -0.4 is 10.2 Å². The fourth-order valence-electron chi connectivity index (χ4n) is 3.52. The Labute approximate surface area is 159 Å². The number of benzene rings is 2. The Kier molecular flexibility index (Phi) is 6.22. The number of hydrogen-bond donors (Lipinski definition) is 1. The Morgan fingerprint density at radius 1 is 1.15 bits per heavy atom. The molecule has 0 aromatic heterocycles. The number of para-hydroxylation sites is 1. The number of carbonyl (C=O) groups excluding carboxylic acids is 2. The van der Waals surface area contributed by atoms with Crippen LogP contribution >= 0.6 is 0 Å². The van der Waals surface area contributed by atoms with Gasteiger partial charge >= 0.3 is 0 Å². The van der Waals surface area contributed by atoms with Crippen LogP contribution in [0.3, 0.4) is 0 Å². The van der Waals surface area contributed by atoms with Crippen LogP contribution in [0.4, 0.5) is 10.1 Å². The third-order valence-electron chi connectivity index (χ3n) is 5.00. The maximum atomic E-state index is 13.6. The molecule has 3 rings (SSSR count). The summed E-state index contributed by atoms with van der Waals surface area (Å²) in [7, 11) is 0. The zero-order chi connectivity index (χ0) is 19.2. The lowest BCUT2D eigenvalue weighted by molar-refractivity contribution is -0.126. The normalized spacial score (nSPS) is 15.0. The average molecular weight is 368 g/mol. The van der Waals surface area contributed by atoms with E-state index in [-0.39, 0.29) is 17.6 Å². The van der Waals surface area contributed by atoms with Gasteiger partial charge in [-0.05, 0) is 55.9 Å². The molecule has 1 N–H and O–H groups in total. The third-order valence-corrected chi connectivity index (χ3v) is 5.00. The molecule has 0 spiro atoms. The van der Waals surface area contributed by atoms with Crippen LogP contribution in [0.15, 0.2) is 48.5 Å². The van der Waals surface area contributed by atoms with Crippen molar-refractivity contribution in [3.05, 3.63) is 65.5 Å². The van der Waals surface area contributed by atoms with E-state index in [0.29, 0.717) is 31.4 Å². The Morgan fingerprint density at radius 2 is 1.89 bits per heavy atom. The molecule has 0 saturated carbocycles. The molecule has 27 heavy (non-hydrogen) atoms. The predicted octanol–water partition coefficient (Wildman–Crippen LogP) is 3.63. The molecule has 4 nitrogen and oxygen atoms in total. The van der Waals surface area contributed by atoms with Gasteiger partial charge in [-0.25, -0.2) is 4.39 Å². The predicted molar refractivity (Wildman–Crippen MR) is 104 cm³/mol. The van der Waals surface area contributed by atoms with Gasteiger partial charge in [-0.15, -0.1) is 0 Å². The fourth-order valence-corrected chi connectivity index (χ4v) is 3.52. The minimum absolute atomic E-state index is 0.0195. The third kappa shape index (κ3) is 4.54. The zero-order valence-corrected chi connectivity index (χ0v) is 15.6. The molecule has 1 aliphatic rings. The van der Waals surface area contributed by atoms with Gasteiger partial charge in [0.25, 0.3) is 0 Å². The molecule has 5 heteroatoms. The van der Waals surface area contributed by atoms with Gasteiger partial charge in [0.05, 0.1) is 0 Å². The second kappa shape index (κ2) is 8.80. The molecule has 0 aliphatic carbocycles. The zero-order valence-electron chi connectivity index (χ0n) is 15.6. The van der Waals surface area contributed by atoms with Gasteiger partial charge in [0.2, 0.25) is 11.8 Å². The highest BCUT2D eigenvalue weighted by atomic mass is 19.1. The highest BCUT2D eigenvalue weighted by Gasteiger charge is 2.30. The lowest BCUT2D eigenvalue weighted by Crippen LogP contribution is -2.48. The van der Waals surface area contributed by atoms with Crippen LogP contribution in [0.25, 0.3) is 0 Å². The SMILES string of the molecule is C[C@@H](C(=O)NCCCc1ccccc1F)N1C(=O)CCCc2ccccc21. The van der Waals surface area contributed by atoms with E-state index in [4.69, 9.17) is 0 Å². The number of fused-ring (bicyclic) bond motifs is 1. The second-order valence-corrected chi connectivity index (χ2v) is 6.91. The van der Waals surface area contributed by atoms with E-state index in [1.165, 1.54) is 6.07 Å². The molecular weight excluding hydrogens is 343 g/mol. The molecule has 0 fully saturated rings. The summed E-state index contributed by atoms with van der Waals surface area (Å²) < 4.78 is 13.6. The molecule has 2 aromatic rings. The summed E-state index contributed by atoms with van der Waals surface area (Å²) in [4.78, 5) is 26.8. The number of anilines is 1. The van der Waals surface area contributed by atoms with Crippen LogP contribution in [-0.4, -0.2) is 24.4 Å². The van der Waals surface area contributed by atoms with Gasteiger partial charge in [-0.2, -0.15) is 0 Å². The van der Waals surface area contributed by atoms with Crippen molar-refractivity contribution in [1.82, 2.24) is 5.32 Å². The van der Waals surface area contributed by atoms with Crippen LogP contribution in [0.5, 0.6) is 0 Å². The number of halogens is 1. The van der Waals surface area contributed by atoms with Crippen LogP contribution in [0.2, 0.25) is 0 Å². The number of amides is 2. The fraction of sp³-hybridized carbons (Fsp3) is 0.364. The highest BCUT2D eigenvalue weighted by Crippen LogP contribution is 2.28. The van der Waals surface area contributed by atoms with Crippen molar-refractivity contribution in [2.24, 2.45) is 0 Å². The van der Waals surface area contributed by atoms with Gasteiger partial charge in [-0.3, -0.25) is 14.5 Å². The molecule has 0 saturated heterocycles. The lowest BCUT2D eigenvalue weighted by atomic mass is 10.1. The molecule has 1 atom stereocenters. The van der Waals surface area contributed by atoms with E-state index >= 15 is 0 Å². The van der Waals surface area contributed by atoms with Crippen molar-refractivity contribution in [3.63, 3.8) is 0 Å². The van der Waals surface area contributed by atoms with Crippen LogP contribution in [-0.2, 0) is 22.4 Å². The van der Waals surface area contributed by atoms with E-state index in [0.717, 1.165) is 24.1 Å². The molecular formula is C22H25FN2O2. The monoisotopic (exact) mass is 368 g/mol. The maximum absolute atomic E-state index is 13.6. The van der Waals surface area contributed by atoms with Gasteiger partial charge in [0.1, 0.15) is 11.9 Å². The number of carbonyl (C=O) groups is 2. The summed E-state index contributed by atoms with van der Waals surface area (Å²) in [6.07, 6.45) is 3.29. The van der Waals surface area contributed by atoms with Crippen molar-refractivity contribution in [2.75, 3.05) is 11.4 Å². The van der Waals surface area contributed by atoms with Gasteiger partial charge < -0.3 is 5.32 Å². The summed E-state index contributed by atoms with van der Waals surface area (Å²) in [6.45, 7) is 2.20. The summed E-state index contributed by atoms with van der Waals surface area (Å²) in [6, 6.07) is 13.9. The van der Waals surface area contributed by atoms with Crippen LogP contribution in [0.1, 0.15) is 37.3 Å². The molecule has 1 heterocycles. The van der Waals surface area contributed by atoms with E-state index in [9.17, 15) is 14.0 Å². The van der Waals surface area contributed by atoms with Gasteiger partial charge in [-0.1, -0.05) is 36.4 Å². The molecule has 0 bridgehead atoms. The maximum Gasteiger partial charge on any atom is 0.242 e. The van der Waals surface area contributed by atoms with Crippen molar-refractivity contribution < 1.29 is 14.0 Å². The largest absolute Gasteiger partial charge is 0.354 e. The summed E-state index contributed by atoms with van der Waals surface area (Å²) in [5.41, 5.74) is 2.58. The molecule has 1 aliphatic heterocycles. The van der Waals surface area contributed by atoms with Crippen LogP contribution in [0, 0.1) is 5.82 Å². The Bertz CT molecular complexity index is 821. The Balaban J connectivity index is 1.59. The number of nitrogens with one attached hydrogen (secondary N) is 1. The van der Waals surface area contributed by atoms with Crippen molar-refractivity contribution in [2.45, 2.75) is 45.1 Å². The Morgan fingerprint density at radius 3 is 2.70 bits per heavy atom. The number of aryl methyl sites for hydroxylation is 2. The first-order chi connectivity index (χ1) is 13.1. The molecule has 0 unspecified atom stereocenters. The minimum Gasteiger partial charge on any atom is -0.354 e. The molecule has 2 aromatic carbocycles. The first-order valence-electron chi connectivity index (χ1n) is 9.49.